The molecule has 0 aliphatic heterocycles. The average molecular weight is 180 g/mol. The lowest BCUT2D eigenvalue weighted by Gasteiger charge is -2.10. The smallest absolute Gasteiger partial charge is 0.226 e. The lowest BCUT2D eigenvalue weighted by Crippen LogP contribution is -2.20. The van der Waals surface area contributed by atoms with Crippen LogP contribution < -0.4 is 10.5 Å². The summed E-state index contributed by atoms with van der Waals surface area (Å²) in [5.74, 6) is -0.234. The van der Waals surface area contributed by atoms with Gasteiger partial charge in [-0.05, 0) is 19.1 Å². The van der Waals surface area contributed by atoms with E-state index in [9.17, 15) is 4.79 Å². The molecule has 1 unspecified atom stereocenters. The van der Waals surface area contributed by atoms with Crippen LogP contribution in [0.3, 0.4) is 0 Å². The zero-order valence-corrected chi connectivity index (χ0v) is 7.65. The Bertz CT molecular complexity index is 312. The molecule has 0 aliphatic carbocycles. The van der Waals surface area contributed by atoms with Gasteiger partial charge in [0, 0.05) is 6.20 Å². The molecular formula is C9H12N2O2. The highest BCUT2D eigenvalue weighted by molar-refractivity contribution is 5.81. The summed E-state index contributed by atoms with van der Waals surface area (Å²) in [6.07, 6.45) is 1.61. The van der Waals surface area contributed by atoms with Crippen molar-refractivity contribution in [1.29, 1.82) is 0 Å². The van der Waals surface area contributed by atoms with Gasteiger partial charge in [-0.15, -0.1) is 0 Å². The van der Waals surface area contributed by atoms with Crippen LogP contribution >= 0.6 is 0 Å². The maximum atomic E-state index is 10.9. The van der Waals surface area contributed by atoms with E-state index in [0.717, 1.165) is 0 Å². The van der Waals surface area contributed by atoms with E-state index in [1.807, 2.05) is 0 Å². The maximum absolute atomic E-state index is 10.9. The predicted octanol–water partition coefficient (Wildman–Crippen LogP) is 0.679. The van der Waals surface area contributed by atoms with Crippen molar-refractivity contribution < 1.29 is 9.53 Å². The van der Waals surface area contributed by atoms with E-state index in [4.69, 9.17) is 10.5 Å². The van der Waals surface area contributed by atoms with Gasteiger partial charge >= 0.3 is 0 Å². The van der Waals surface area contributed by atoms with Gasteiger partial charge in [0.15, 0.2) is 0 Å². The van der Waals surface area contributed by atoms with Crippen LogP contribution in [0.15, 0.2) is 18.3 Å². The molecule has 1 rings (SSSR count). The van der Waals surface area contributed by atoms with E-state index >= 15 is 0 Å². The van der Waals surface area contributed by atoms with Crippen LogP contribution in [0.1, 0.15) is 18.5 Å². The Morgan fingerprint density at radius 3 is 2.92 bits per heavy atom. The van der Waals surface area contributed by atoms with Gasteiger partial charge in [0.1, 0.15) is 5.75 Å². The highest BCUT2D eigenvalue weighted by Gasteiger charge is 2.17. The van der Waals surface area contributed by atoms with Crippen molar-refractivity contribution in [1.82, 2.24) is 4.98 Å². The summed E-state index contributed by atoms with van der Waals surface area (Å²) in [5, 5.41) is 0. The SMILES string of the molecule is COc1cccnc1C(C)C(N)=O. The summed E-state index contributed by atoms with van der Waals surface area (Å²) < 4.78 is 5.05. The minimum atomic E-state index is -0.420. The van der Waals surface area contributed by atoms with E-state index < -0.39 is 11.8 Å². The fraction of sp³-hybridized carbons (Fsp3) is 0.333. The van der Waals surface area contributed by atoms with Crippen LogP contribution in [-0.4, -0.2) is 18.0 Å². The molecule has 4 nitrogen and oxygen atoms in total. The van der Waals surface area contributed by atoms with Gasteiger partial charge in [-0.2, -0.15) is 0 Å². The number of nitrogens with two attached hydrogens (primary N) is 1. The Morgan fingerprint density at radius 1 is 1.69 bits per heavy atom. The monoisotopic (exact) mass is 180 g/mol. The molecule has 0 radical (unpaired) electrons. The van der Waals surface area contributed by atoms with E-state index in [2.05, 4.69) is 4.98 Å². The molecule has 70 valence electrons. The molecule has 4 heteroatoms. The third-order valence-corrected chi connectivity index (χ3v) is 1.86. The number of methoxy groups -OCH3 is 1. The summed E-state index contributed by atoms with van der Waals surface area (Å²) in [6, 6.07) is 3.50. The largest absolute Gasteiger partial charge is 0.495 e. The summed E-state index contributed by atoms with van der Waals surface area (Å²) in [7, 11) is 1.54. The van der Waals surface area contributed by atoms with Crippen LogP contribution in [0.25, 0.3) is 0 Å². The van der Waals surface area contributed by atoms with Crippen molar-refractivity contribution in [2.75, 3.05) is 7.11 Å². The fourth-order valence-corrected chi connectivity index (χ4v) is 1.04. The number of nitrogens with zero attached hydrogens (tertiary/aromatic N) is 1. The van der Waals surface area contributed by atoms with Gasteiger partial charge in [0.2, 0.25) is 5.91 Å². The van der Waals surface area contributed by atoms with Crippen molar-refractivity contribution in [2.45, 2.75) is 12.8 Å². The van der Waals surface area contributed by atoms with E-state index in [1.54, 1.807) is 25.3 Å². The van der Waals surface area contributed by atoms with Crippen molar-refractivity contribution in [2.24, 2.45) is 5.73 Å². The Labute approximate surface area is 76.7 Å². The molecule has 1 amide bonds. The second-order valence-electron chi connectivity index (χ2n) is 2.71. The summed E-state index contributed by atoms with van der Waals surface area (Å²) in [6.45, 7) is 1.70. The summed E-state index contributed by atoms with van der Waals surface area (Å²) >= 11 is 0. The number of primary amides is 1. The second kappa shape index (κ2) is 3.89. The minimum Gasteiger partial charge on any atom is -0.495 e. The van der Waals surface area contributed by atoms with Crippen molar-refractivity contribution in [3.8, 4) is 5.75 Å². The molecule has 0 spiro atoms. The molecule has 0 saturated heterocycles. The molecule has 0 aromatic carbocycles. The molecule has 0 bridgehead atoms. The standard InChI is InChI=1S/C9H12N2O2/c1-6(9(10)12)8-7(13-2)4-3-5-11-8/h3-6H,1-2H3,(H2,10,12). The molecule has 2 N–H and O–H groups in total. The Kier molecular flexibility index (Phi) is 2.84. The molecule has 1 heterocycles. The number of carbonyl (C=O) groups excluding carboxylic acids is 1. The fourth-order valence-electron chi connectivity index (χ4n) is 1.04. The first-order valence-corrected chi connectivity index (χ1v) is 3.95. The van der Waals surface area contributed by atoms with Crippen LogP contribution in [0.5, 0.6) is 5.75 Å². The third kappa shape index (κ3) is 1.96. The molecule has 0 fully saturated rings. The van der Waals surface area contributed by atoms with Gasteiger partial charge in [0.05, 0.1) is 18.7 Å². The van der Waals surface area contributed by atoms with E-state index in [-0.39, 0.29) is 0 Å². The average Bonchev–Trinajstić information content (AvgIpc) is 2.16. The lowest BCUT2D eigenvalue weighted by atomic mass is 10.1. The van der Waals surface area contributed by atoms with Crippen molar-refractivity contribution >= 4 is 5.91 Å². The molecule has 1 aromatic heterocycles. The normalized spacial score (nSPS) is 12.2. The Morgan fingerprint density at radius 2 is 2.38 bits per heavy atom. The summed E-state index contributed by atoms with van der Waals surface area (Å²) in [4.78, 5) is 14.9. The molecule has 1 atom stereocenters. The third-order valence-electron chi connectivity index (χ3n) is 1.86. The van der Waals surface area contributed by atoms with Gasteiger partial charge < -0.3 is 10.5 Å². The number of hydrogen-bond acceptors (Lipinski definition) is 3. The first-order chi connectivity index (χ1) is 6.16. The van der Waals surface area contributed by atoms with Gasteiger partial charge in [0.25, 0.3) is 0 Å². The predicted molar refractivity (Wildman–Crippen MR) is 48.4 cm³/mol. The highest BCUT2D eigenvalue weighted by Crippen LogP contribution is 2.22. The molecule has 13 heavy (non-hydrogen) atoms. The minimum absolute atomic E-state index is 0.406. The van der Waals surface area contributed by atoms with Gasteiger partial charge in [-0.1, -0.05) is 0 Å². The topological polar surface area (TPSA) is 65.2 Å². The van der Waals surface area contributed by atoms with Gasteiger partial charge in [-0.25, -0.2) is 0 Å². The quantitative estimate of drug-likeness (QED) is 0.743. The highest BCUT2D eigenvalue weighted by atomic mass is 16.5. The first kappa shape index (κ1) is 9.51. The van der Waals surface area contributed by atoms with Crippen LogP contribution in [0.2, 0.25) is 0 Å². The molecular weight excluding hydrogens is 168 g/mol. The second-order valence-corrected chi connectivity index (χ2v) is 2.71. The number of carbonyl (C=O) groups is 1. The number of ether oxygens (including phenoxy) is 1. The number of amides is 1. The van der Waals surface area contributed by atoms with Gasteiger partial charge in [-0.3, -0.25) is 9.78 Å². The lowest BCUT2D eigenvalue weighted by molar-refractivity contribution is -0.119. The Balaban J connectivity index is 3.05. The number of rotatable bonds is 3. The zero-order valence-electron chi connectivity index (χ0n) is 7.65. The number of aromatic nitrogens is 1. The maximum Gasteiger partial charge on any atom is 0.226 e. The van der Waals surface area contributed by atoms with E-state index in [0.29, 0.717) is 11.4 Å². The van der Waals surface area contributed by atoms with Crippen molar-refractivity contribution in [3.05, 3.63) is 24.0 Å². The zero-order chi connectivity index (χ0) is 9.84. The van der Waals surface area contributed by atoms with Crippen LogP contribution in [0.4, 0.5) is 0 Å². The van der Waals surface area contributed by atoms with E-state index in [1.165, 1.54) is 7.11 Å². The number of hydrogen-bond donors (Lipinski definition) is 1. The van der Waals surface area contributed by atoms with Crippen LogP contribution in [-0.2, 0) is 4.79 Å². The first-order valence-electron chi connectivity index (χ1n) is 3.95. The van der Waals surface area contributed by atoms with Crippen molar-refractivity contribution in [3.63, 3.8) is 0 Å². The molecule has 0 aliphatic rings. The van der Waals surface area contributed by atoms with Crippen LogP contribution in [0, 0.1) is 0 Å². The molecule has 1 aromatic rings. The number of pyridine rings is 1. The summed E-state index contributed by atoms with van der Waals surface area (Å²) in [5.41, 5.74) is 5.74. The molecule has 0 saturated carbocycles. The Hall–Kier alpha value is -1.58.